The number of nitrogens with zero attached hydrogens (tertiary/aromatic N) is 1. The number of nitrogens with one attached hydrogen (secondary N) is 4. The number of amides is 2. The average molecular weight is 555 g/mol. The van der Waals surface area contributed by atoms with Crippen LogP contribution in [0, 0.1) is 19.3 Å². The molecule has 3 aromatic rings. The molecule has 6 N–H and O–H groups in total. The fourth-order valence-electron chi connectivity index (χ4n) is 5.47. The maximum atomic E-state index is 14.1. The Labute approximate surface area is 243 Å². The maximum absolute atomic E-state index is 14.1. The van der Waals surface area contributed by atoms with E-state index in [2.05, 4.69) is 40.2 Å². The molecule has 1 unspecified atom stereocenters. The number of nitrogens with two attached hydrogens (primary N) is 1. The minimum Gasteiger partial charge on any atom is -0.370 e. The van der Waals surface area contributed by atoms with Gasteiger partial charge in [0.1, 0.15) is 6.04 Å². The molecule has 0 saturated carbocycles. The fourth-order valence-corrected chi connectivity index (χ4v) is 5.47. The first-order chi connectivity index (χ1) is 19.8. The number of aryl methyl sites for hydroxylation is 2. The zero-order chi connectivity index (χ0) is 29.4. The summed E-state index contributed by atoms with van der Waals surface area (Å²) in [6.07, 6.45) is 1.27. The first-order valence-electron chi connectivity index (χ1n) is 14.4. The lowest BCUT2D eigenvalue weighted by Gasteiger charge is -2.33. The Morgan fingerprint density at radius 1 is 1.02 bits per heavy atom. The van der Waals surface area contributed by atoms with Crippen LogP contribution in [0.4, 0.5) is 0 Å². The minimum absolute atomic E-state index is 0.00359. The summed E-state index contributed by atoms with van der Waals surface area (Å²) in [7, 11) is 0. The zero-order valence-electron chi connectivity index (χ0n) is 24.2. The van der Waals surface area contributed by atoms with E-state index in [-0.39, 0.29) is 35.8 Å². The number of hydrogen-bond donors (Lipinski definition) is 5. The molecule has 3 atom stereocenters. The highest BCUT2D eigenvalue weighted by Gasteiger charge is 2.37. The smallest absolute Gasteiger partial charge is 0.251 e. The van der Waals surface area contributed by atoms with Crippen molar-refractivity contribution < 1.29 is 9.59 Å². The van der Waals surface area contributed by atoms with Crippen LogP contribution >= 0.6 is 0 Å². The fraction of sp³-hybridized carbons (Fsp3) is 0.364. The predicted molar refractivity (Wildman–Crippen MR) is 164 cm³/mol. The Hall–Kier alpha value is -4.17. The molecule has 0 aliphatic carbocycles. The van der Waals surface area contributed by atoms with Crippen molar-refractivity contribution >= 4 is 17.8 Å². The molecule has 0 aromatic heterocycles. The van der Waals surface area contributed by atoms with Crippen molar-refractivity contribution in [2.45, 2.75) is 57.7 Å². The molecule has 0 spiro atoms. The lowest BCUT2D eigenvalue weighted by atomic mass is 9.90. The van der Waals surface area contributed by atoms with Gasteiger partial charge in [0.15, 0.2) is 5.96 Å². The molecule has 216 valence electrons. The molecule has 1 fully saturated rings. The first kappa shape index (κ1) is 29.8. The van der Waals surface area contributed by atoms with Crippen LogP contribution < -0.4 is 21.7 Å². The summed E-state index contributed by atoms with van der Waals surface area (Å²) >= 11 is 0. The number of carbonyl (C=O) groups is 2. The largest absolute Gasteiger partial charge is 0.370 e. The van der Waals surface area contributed by atoms with Crippen molar-refractivity contribution in [1.82, 2.24) is 20.9 Å². The van der Waals surface area contributed by atoms with E-state index in [4.69, 9.17) is 11.1 Å². The molecule has 8 nitrogen and oxygen atoms in total. The van der Waals surface area contributed by atoms with E-state index in [1.807, 2.05) is 80.3 Å². The maximum Gasteiger partial charge on any atom is 0.251 e. The van der Waals surface area contributed by atoms with E-state index in [9.17, 15) is 9.59 Å². The molecule has 8 heteroatoms. The molecule has 4 rings (SSSR count). The van der Waals surface area contributed by atoms with Crippen LogP contribution in [-0.4, -0.2) is 60.4 Å². The van der Waals surface area contributed by atoms with E-state index < -0.39 is 6.04 Å². The highest BCUT2D eigenvalue weighted by atomic mass is 16.2. The van der Waals surface area contributed by atoms with Gasteiger partial charge in [-0.05, 0) is 61.1 Å². The zero-order valence-corrected chi connectivity index (χ0v) is 24.2. The lowest BCUT2D eigenvalue weighted by Crippen LogP contribution is -2.60. The summed E-state index contributed by atoms with van der Waals surface area (Å²) in [4.78, 5) is 29.0. The topological polar surface area (TPSA) is 123 Å². The van der Waals surface area contributed by atoms with E-state index >= 15 is 0 Å². The van der Waals surface area contributed by atoms with Gasteiger partial charge in [0.2, 0.25) is 5.91 Å². The number of hydrogen-bond acceptors (Lipinski definition) is 4. The third-order valence-electron chi connectivity index (χ3n) is 8.01. The Morgan fingerprint density at radius 2 is 1.66 bits per heavy atom. The predicted octanol–water partition coefficient (Wildman–Crippen LogP) is 3.69. The highest BCUT2D eigenvalue weighted by Crippen LogP contribution is 2.27. The number of rotatable bonds is 10. The first-order valence-corrected chi connectivity index (χ1v) is 14.4. The number of carbonyl (C=O) groups excluding carboxylic acids is 2. The monoisotopic (exact) mass is 554 g/mol. The summed E-state index contributed by atoms with van der Waals surface area (Å²) in [5, 5.41) is 17.4. The van der Waals surface area contributed by atoms with E-state index in [0.717, 1.165) is 22.3 Å². The van der Waals surface area contributed by atoms with E-state index in [1.54, 1.807) is 0 Å². The van der Waals surface area contributed by atoms with Crippen molar-refractivity contribution in [3.05, 3.63) is 107 Å². The van der Waals surface area contributed by atoms with E-state index in [0.29, 0.717) is 38.0 Å². The Bertz CT molecular complexity index is 1290. The van der Waals surface area contributed by atoms with Gasteiger partial charge < -0.3 is 21.3 Å². The van der Waals surface area contributed by atoms with Gasteiger partial charge in [-0.15, -0.1) is 0 Å². The molecule has 1 aliphatic rings. The van der Waals surface area contributed by atoms with Gasteiger partial charge in [-0.2, -0.15) is 0 Å². The van der Waals surface area contributed by atoms with Crippen molar-refractivity contribution in [3.8, 4) is 0 Å². The number of benzene rings is 3. The van der Waals surface area contributed by atoms with Crippen LogP contribution in [0.1, 0.15) is 58.3 Å². The standard InChI is InChI=1S/C33H42N6O2/c1-4-29(38-33(34)35)30-32(41)39(21-28(24-11-7-5-8-12-24)25-13-9-6-10-14-25)18-17-27(37-30)20-36-31(40)26-16-15-22(2)23(3)19-26/h5-16,19,27-30,37H,4,17-18,20-21H2,1-3H3,(H,36,40)(H4,34,35,38)/t27-,29?,30-/m0/s1. The van der Waals surface area contributed by atoms with Gasteiger partial charge in [0, 0.05) is 37.2 Å². The summed E-state index contributed by atoms with van der Waals surface area (Å²) < 4.78 is 0. The normalized spacial score (nSPS) is 18.0. The molecule has 3 aromatic carbocycles. The van der Waals surface area contributed by atoms with Crippen molar-refractivity contribution in [2.75, 3.05) is 19.6 Å². The van der Waals surface area contributed by atoms with Crippen molar-refractivity contribution in [2.24, 2.45) is 5.73 Å². The Morgan fingerprint density at radius 3 is 2.22 bits per heavy atom. The van der Waals surface area contributed by atoms with Gasteiger partial charge in [0.05, 0.1) is 6.04 Å². The van der Waals surface area contributed by atoms with Crippen LogP contribution in [-0.2, 0) is 4.79 Å². The second-order valence-corrected chi connectivity index (χ2v) is 10.9. The molecule has 1 saturated heterocycles. The van der Waals surface area contributed by atoms with Crippen molar-refractivity contribution in [3.63, 3.8) is 0 Å². The third-order valence-corrected chi connectivity index (χ3v) is 8.01. The molecule has 1 aliphatic heterocycles. The second kappa shape index (κ2) is 13.9. The summed E-state index contributed by atoms with van der Waals surface area (Å²) in [5.41, 5.74) is 10.8. The van der Waals surface area contributed by atoms with Gasteiger partial charge in [-0.3, -0.25) is 20.3 Å². The average Bonchev–Trinajstić information content (AvgIpc) is 3.13. The van der Waals surface area contributed by atoms with Gasteiger partial charge >= 0.3 is 0 Å². The van der Waals surface area contributed by atoms with Crippen LogP contribution in [0.3, 0.4) is 0 Å². The van der Waals surface area contributed by atoms with E-state index in [1.165, 1.54) is 0 Å². The summed E-state index contributed by atoms with van der Waals surface area (Å²) in [6.45, 7) is 7.42. The molecule has 1 heterocycles. The van der Waals surface area contributed by atoms with Gasteiger partial charge in [-0.1, -0.05) is 73.7 Å². The summed E-state index contributed by atoms with van der Waals surface area (Å²) in [5.74, 6) is -0.344. The quantitative estimate of drug-likeness (QED) is 0.193. The minimum atomic E-state index is -0.609. The van der Waals surface area contributed by atoms with Gasteiger partial charge in [-0.25, -0.2) is 0 Å². The number of guanidine groups is 1. The molecule has 41 heavy (non-hydrogen) atoms. The second-order valence-electron chi connectivity index (χ2n) is 10.9. The Kier molecular flexibility index (Phi) is 10.1. The third kappa shape index (κ3) is 7.73. The molecular formula is C33H42N6O2. The van der Waals surface area contributed by atoms with Crippen LogP contribution in [0.2, 0.25) is 0 Å². The highest BCUT2D eigenvalue weighted by molar-refractivity contribution is 5.94. The molecule has 0 bridgehead atoms. The van der Waals surface area contributed by atoms with Gasteiger partial charge in [0.25, 0.3) is 5.91 Å². The molecule has 2 amide bonds. The van der Waals surface area contributed by atoms with Crippen molar-refractivity contribution in [1.29, 1.82) is 5.41 Å². The van der Waals surface area contributed by atoms with Crippen LogP contribution in [0.15, 0.2) is 78.9 Å². The summed E-state index contributed by atoms with van der Waals surface area (Å²) in [6, 6.07) is 25.1. The lowest BCUT2D eigenvalue weighted by molar-refractivity contribution is -0.133. The van der Waals surface area contributed by atoms with Crippen LogP contribution in [0.25, 0.3) is 0 Å². The van der Waals surface area contributed by atoms with Crippen LogP contribution in [0.5, 0.6) is 0 Å². The molecule has 0 radical (unpaired) electrons. The SMILES string of the molecule is CCC(NC(=N)N)[C@@H]1N[C@H](CNC(=O)c2ccc(C)c(C)c2)CCN(CC(c2ccccc2)c2ccccc2)C1=O. The Balaban J connectivity index is 1.57. The molecular weight excluding hydrogens is 512 g/mol.